The SMILES string of the molecule is COc1cccc(C(=O)NC(CO)C(=O)NCc2ccc(Cl)cc2)c1. The molecule has 0 saturated carbocycles. The van der Waals surface area contributed by atoms with E-state index in [1.165, 1.54) is 7.11 Å². The number of nitrogens with one attached hydrogen (secondary N) is 2. The van der Waals surface area contributed by atoms with E-state index in [4.69, 9.17) is 16.3 Å². The fraction of sp³-hybridized carbons (Fsp3) is 0.222. The molecule has 0 aromatic heterocycles. The number of hydrogen-bond acceptors (Lipinski definition) is 4. The number of carbonyl (C=O) groups excluding carboxylic acids is 2. The van der Waals surface area contributed by atoms with Gasteiger partial charge in [0, 0.05) is 17.1 Å². The highest BCUT2D eigenvalue weighted by Crippen LogP contribution is 2.12. The minimum Gasteiger partial charge on any atom is -0.497 e. The number of aliphatic hydroxyl groups is 1. The molecule has 2 aromatic carbocycles. The molecule has 7 heteroatoms. The van der Waals surface area contributed by atoms with Crippen LogP contribution in [0.1, 0.15) is 15.9 Å². The Bertz CT molecular complexity index is 734. The Hall–Kier alpha value is -2.57. The van der Waals surface area contributed by atoms with Gasteiger partial charge in [-0.3, -0.25) is 9.59 Å². The van der Waals surface area contributed by atoms with Crippen molar-refractivity contribution in [1.82, 2.24) is 10.6 Å². The van der Waals surface area contributed by atoms with Crippen LogP contribution in [0.25, 0.3) is 0 Å². The molecule has 0 spiro atoms. The fourth-order valence-electron chi connectivity index (χ4n) is 2.11. The minimum absolute atomic E-state index is 0.265. The average Bonchev–Trinajstić information content (AvgIpc) is 2.65. The average molecular weight is 363 g/mol. The smallest absolute Gasteiger partial charge is 0.252 e. The molecule has 0 saturated heterocycles. The number of methoxy groups -OCH3 is 1. The summed E-state index contributed by atoms with van der Waals surface area (Å²) in [6, 6.07) is 12.5. The summed E-state index contributed by atoms with van der Waals surface area (Å²) in [5.74, 6) is -0.423. The number of amides is 2. The van der Waals surface area contributed by atoms with E-state index >= 15 is 0 Å². The van der Waals surface area contributed by atoms with E-state index in [1.54, 1.807) is 48.5 Å². The third-order valence-corrected chi connectivity index (χ3v) is 3.77. The lowest BCUT2D eigenvalue weighted by Crippen LogP contribution is -2.48. The standard InChI is InChI=1S/C18H19ClN2O4/c1-25-15-4-2-3-13(9-15)17(23)21-16(11-22)18(24)20-10-12-5-7-14(19)8-6-12/h2-9,16,22H,10-11H2,1H3,(H,20,24)(H,21,23). The number of rotatable bonds is 7. The number of halogens is 1. The van der Waals surface area contributed by atoms with E-state index in [0.717, 1.165) is 5.56 Å². The van der Waals surface area contributed by atoms with Gasteiger partial charge in [0.1, 0.15) is 11.8 Å². The summed E-state index contributed by atoms with van der Waals surface area (Å²) in [5, 5.41) is 15.2. The number of benzene rings is 2. The van der Waals surface area contributed by atoms with Crippen LogP contribution in [0, 0.1) is 0 Å². The van der Waals surface area contributed by atoms with Crippen LogP contribution < -0.4 is 15.4 Å². The molecular weight excluding hydrogens is 344 g/mol. The molecule has 1 atom stereocenters. The number of carbonyl (C=O) groups is 2. The Labute approximate surface area is 150 Å². The number of ether oxygens (including phenoxy) is 1. The molecule has 2 aromatic rings. The van der Waals surface area contributed by atoms with Crippen molar-refractivity contribution in [2.45, 2.75) is 12.6 Å². The first-order valence-corrected chi connectivity index (χ1v) is 7.99. The molecule has 25 heavy (non-hydrogen) atoms. The Balaban J connectivity index is 1.94. The van der Waals surface area contributed by atoms with E-state index in [9.17, 15) is 14.7 Å². The number of hydrogen-bond donors (Lipinski definition) is 3. The molecule has 3 N–H and O–H groups in total. The lowest BCUT2D eigenvalue weighted by molar-refractivity contribution is -0.124. The van der Waals surface area contributed by atoms with Crippen molar-refractivity contribution >= 4 is 23.4 Å². The second-order valence-corrected chi connectivity index (χ2v) is 5.72. The normalized spacial score (nSPS) is 11.5. The monoisotopic (exact) mass is 362 g/mol. The molecule has 0 aliphatic heterocycles. The van der Waals surface area contributed by atoms with Gasteiger partial charge in [-0.2, -0.15) is 0 Å². The van der Waals surface area contributed by atoms with Crippen molar-refractivity contribution in [3.8, 4) is 5.75 Å². The maximum absolute atomic E-state index is 12.2. The van der Waals surface area contributed by atoms with Gasteiger partial charge in [0.2, 0.25) is 5.91 Å². The molecule has 0 aliphatic carbocycles. The fourth-order valence-corrected chi connectivity index (χ4v) is 2.24. The Morgan fingerprint density at radius 2 is 1.92 bits per heavy atom. The summed E-state index contributed by atoms with van der Waals surface area (Å²) in [6.45, 7) is -0.246. The topological polar surface area (TPSA) is 87.7 Å². The molecule has 132 valence electrons. The van der Waals surface area contributed by atoms with Gasteiger partial charge in [-0.15, -0.1) is 0 Å². The summed E-state index contributed by atoms with van der Waals surface area (Å²) in [7, 11) is 1.50. The molecule has 2 rings (SSSR count). The molecule has 0 radical (unpaired) electrons. The van der Waals surface area contributed by atoms with Crippen LogP contribution in [0.3, 0.4) is 0 Å². The molecule has 0 bridgehead atoms. The van der Waals surface area contributed by atoms with Crippen LogP contribution in [-0.4, -0.2) is 36.7 Å². The highest BCUT2D eigenvalue weighted by atomic mass is 35.5. The number of aliphatic hydroxyl groups excluding tert-OH is 1. The predicted octanol–water partition coefficient (Wildman–Crippen LogP) is 1.76. The zero-order chi connectivity index (χ0) is 18.2. The van der Waals surface area contributed by atoms with Gasteiger partial charge in [0.25, 0.3) is 5.91 Å². The quantitative estimate of drug-likeness (QED) is 0.700. The Kier molecular flexibility index (Phi) is 6.80. The molecular formula is C18H19ClN2O4. The van der Waals surface area contributed by atoms with Crippen LogP contribution in [0.5, 0.6) is 5.75 Å². The molecule has 0 fully saturated rings. The van der Waals surface area contributed by atoms with Crippen LogP contribution in [0.15, 0.2) is 48.5 Å². The molecule has 2 amide bonds. The second-order valence-electron chi connectivity index (χ2n) is 5.28. The maximum atomic E-state index is 12.2. The van der Waals surface area contributed by atoms with Crippen molar-refractivity contribution < 1.29 is 19.4 Å². The van der Waals surface area contributed by atoms with E-state index in [0.29, 0.717) is 16.3 Å². The minimum atomic E-state index is -1.05. The lowest BCUT2D eigenvalue weighted by Gasteiger charge is -2.16. The van der Waals surface area contributed by atoms with Gasteiger partial charge in [0.15, 0.2) is 0 Å². The third kappa shape index (κ3) is 5.48. The van der Waals surface area contributed by atoms with Crippen molar-refractivity contribution in [2.75, 3.05) is 13.7 Å². The first-order chi connectivity index (χ1) is 12.0. The first-order valence-electron chi connectivity index (χ1n) is 7.61. The van der Waals surface area contributed by atoms with Crippen LogP contribution in [0.4, 0.5) is 0 Å². The van der Waals surface area contributed by atoms with Crippen molar-refractivity contribution in [3.63, 3.8) is 0 Å². The van der Waals surface area contributed by atoms with Gasteiger partial charge < -0.3 is 20.5 Å². The molecule has 1 unspecified atom stereocenters. The van der Waals surface area contributed by atoms with Crippen LogP contribution >= 0.6 is 11.6 Å². The van der Waals surface area contributed by atoms with Crippen molar-refractivity contribution in [1.29, 1.82) is 0 Å². The largest absolute Gasteiger partial charge is 0.497 e. The summed E-state index contributed by atoms with van der Waals surface area (Å²) in [6.07, 6.45) is 0. The van der Waals surface area contributed by atoms with Gasteiger partial charge in [-0.25, -0.2) is 0 Å². The van der Waals surface area contributed by atoms with Gasteiger partial charge >= 0.3 is 0 Å². The van der Waals surface area contributed by atoms with E-state index in [2.05, 4.69) is 10.6 Å². The summed E-state index contributed by atoms with van der Waals surface area (Å²) >= 11 is 5.81. The van der Waals surface area contributed by atoms with Gasteiger partial charge in [-0.05, 0) is 35.9 Å². The van der Waals surface area contributed by atoms with Crippen molar-refractivity contribution in [2.24, 2.45) is 0 Å². The summed E-state index contributed by atoms with van der Waals surface area (Å²) < 4.78 is 5.06. The summed E-state index contributed by atoms with van der Waals surface area (Å²) in [5.41, 5.74) is 1.19. The first kappa shape index (κ1) is 18.8. The highest BCUT2D eigenvalue weighted by molar-refractivity contribution is 6.30. The van der Waals surface area contributed by atoms with E-state index in [-0.39, 0.29) is 6.54 Å². The molecule has 0 aliphatic rings. The van der Waals surface area contributed by atoms with Crippen LogP contribution in [0.2, 0.25) is 5.02 Å². The predicted molar refractivity (Wildman–Crippen MR) is 94.6 cm³/mol. The third-order valence-electron chi connectivity index (χ3n) is 3.52. The molecule has 6 nitrogen and oxygen atoms in total. The van der Waals surface area contributed by atoms with Gasteiger partial charge in [-0.1, -0.05) is 29.8 Å². The Morgan fingerprint density at radius 1 is 1.20 bits per heavy atom. The second kappa shape index (κ2) is 9.05. The van der Waals surface area contributed by atoms with Crippen molar-refractivity contribution in [3.05, 3.63) is 64.7 Å². The van der Waals surface area contributed by atoms with Crippen LogP contribution in [-0.2, 0) is 11.3 Å². The maximum Gasteiger partial charge on any atom is 0.252 e. The summed E-state index contributed by atoms with van der Waals surface area (Å²) in [4.78, 5) is 24.4. The lowest BCUT2D eigenvalue weighted by atomic mass is 10.1. The highest BCUT2D eigenvalue weighted by Gasteiger charge is 2.20. The molecule has 0 heterocycles. The van der Waals surface area contributed by atoms with E-state index in [1.807, 2.05) is 0 Å². The zero-order valence-corrected chi connectivity index (χ0v) is 14.4. The zero-order valence-electron chi connectivity index (χ0n) is 13.7. The van der Waals surface area contributed by atoms with Gasteiger partial charge in [0.05, 0.1) is 13.7 Å². The van der Waals surface area contributed by atoms with E-state index < -0.39 is 24.5 Å². The Morgan fingerprint density at radius 3 is 2.56 bits per heavy atom.